The quantitative estimate of drug-likeness (QED) is 0.398. The third-order valence-electron chi connectivity index (χ3n) is 5.33. The number of carbonyl (C=O) groups is 1. The highest BCUT2D eigenvalue weighted by Crippen LogP contribution is 2.24. The third kappa shape index (κ3) is 4.41. The van der Waals surface area contributed by atoms with E-state index in [0.29, 0.717) is 31.9 Å². The fourth-order valence-electron chi connectivity index (χ4n) is 3.73. The van der Waals surface area contributed by atoms with Gasteiger partial charge in [-0.2, -0.15) is 0 Å². The van der Waals surface area contributed by atoms with Crippen LogP contribution >= 0.6 is 0 Å². The van der Waals surface area contributed by atoms with Crippen molar-refractivity contribution in [3.8, 4) is 0 Å². The van der Waals surface area contributed by atoms with Gasteiger partial charge in [-0.05, 0) is 32.8 Å². The molecule has 0 aliphatic carbocycles. The lowest BCUT2D eigenvalue weighted by Crippen LogP contribution is -2.64. The largest absolute Gasteiger partial charge is 0.394 e. The first-order valence-electron chi connectivity index (χ1n) is 9.48. The Morgan fingerprint density at radius 1 is 1.18 bits per heavy atom. The van der Waals surface area contributed by atoms with Crippen molar-refractivity contribution in [2.45, 2.75) is 57.3 Å². The summed E-state index contributed by atoms with van der Waals surface area (Å²) in [5.74, 6) is 0.0395. The fraction of sp³-hybridized carbons (Fsp3) is 0.722. The van der Waals surface area contributed by atoms with E-state index in [1.807, 2.05) is 24.8 Å². The van der Waals surface area contributed by atoms with Gasteiger partial charge in [-0.1, -0.05) is 0 Å². The molecule has 2 aliphatic rings. The number of amides is 1. The number of carbonyl (C=O) groups excluding carboxylic acids is 1. The molecule has 10 heteroatoms. The first-order valence-corrected chi connectivity index (χ1v) is 9.48. The van der Waals surface area contributed by atoms with Crippen LogP contribution in [0.15, 0.2) is 6.07 Å². The normalized spacial score (nSPS) is 31.6. The number of nitrogens with one attached hydrogen (secondary N) is 1. The fourth-order valence-corrected chi connectivity index (χ4v) is 3.73. The van der Waals surface area contributed by atoms with E-state index in [0.717, 1.165) is 11.4 Å². The Kier molecular flexibility index (Phi) is 6.46. The Hall–Kier alpha value is -1.85. The molecule has 3 heterocycles. The zero-order chi connectivity index (χ0) is 20.4. The van der Waals surface area contributed by atoms with Gasteiger partial charge in [-0.25, -0.2) is 9.97 Å². The van der Waals surface area contributed by atoms with Crippen molar-refractivity contribution in [3.63, 3.8) is 0 Å². The minimum absolute atomic E-state index is 0.297. The van der Waals surface area contributed by atoms with Gasteiger partial charge in [0, 0.05) is 30.4 Å². The van der Waals surface area contributed by atoms with Crippen LogP contribution in [0.25, 0.3) is 0 Å². The summed E-state index contributed by atoms with van der Waals surface area (Å²) in [4.78, 5) is 23.5. The van der Waals surface area contributed by atoms with Gasteiger partial charge in [-0.15, -0.1) is 0 Å². The molecule has 1 aromatic heterocycles. The Morgan fingerprint density at radius 3 is 2.36 bits per heavy atom. The van der Waals surface area contributed by atoms with E-state index in [2.05, 4.69) is 15.3 Å². The van der Waals surface area contributed by atoms with Crippen LogP contribution in [-0.2, 0) is 9.53 Å². The summed E-state index contributed by atoms with van der Waals surface area (Å²) in [7, 11) is 0. The number of aliphatic hydroxyl groups is 4. The summed E-state index contributed by atoms with van der Waals surface area (Å²) >= 11 is 0. The Labute approximate surface area is 163 Å². The van der Waals surface area contributed by atoms with E-state index < -0.39 is 37.3 Å². The van der Waals surface area contributed by atoms with Gasteiger partial charge >= 0.3 is 0 Å². The minimum atomic E-state index is -1.51. The average Bonchev–Trinajstić information content (AvgIpc) is 2.67. The zero-order valence-electron chi connectivity index (χ0n) is 16.0. The first-order chi connectivity index (χ1) is 13.3. The van der Waals surface area contributed by atoms with Crippen LogP contribution in [0.1, 0.15) is 24.2 Å². The highest BCUT2D eigenvalue weighted by Gasteiger charge is 2.44. The monoisotopic (exact) mass is 396 g/mol. The number of rotatable bonds is 4. The van der Waals surface area contributed by atoms with Gasteiger partial charge in [0.15, 0.2) is 6.29 Å². The summed E-state index contributed by atoms with van der Waals surface area (Å²) < 4.78 is 5.07. The molecule has 0 spiro atoms. The lowest BCUT2D eigenvalue weighted by molar-refractivity contribution is -0.254. The summed E-state index contributed by atoms with van der Waals surface area (Å²) in [6.07, 6.45) is -4.30. The number of piperidine rings is 1. The van der Waals surface area contributed by atoms with Crippen molar-refractivity contribution >= 4 is 11.9 Å². The summed E-state index contributed by atoms with van der Waals surface area (Å²) in [6, 6.07) is 0.744. The molecule has 2 saturated heterocycles. The summed E-state index contributed by atoms with van der Waals surface area (Å²) in [5, 5.41) is 41.8. The van der Waals surface area contributed by atoms with Gasteiger partial charge in [-0.3, -0.25) is 4.79 Å². The SMILES string of the molecule is Cc1cc(C)nc(N2CCC(C(=O)NC3C(O)O[C@H](CO)C(O)[C@@H]3O)CC2)n1. The van der Waals surface area contributed by atoms with Gasteiger partial charge in [0.1, 0.15) is 24.4 Å². The van der Waals surface area contributed by atoms with E-state index in [9.17, 15) is 20.1 Å². The van der Waals surface area contributed by atoms with Crippen molar-refractivity contribution < 1.29 is 30.0 Å². The second kappa shape index (κ2) is 8.66. The maximum Gasteiger partial charge on any atom is 0.225 e. The highest BCUT2D eigenvalue weighted by atomic mass is 16.6. The molecule has 2 aliphatic heterocycles. The molecule has 0 saturated carbocycles. The van der Waals surface area contributed by atoms with Gasteiger partial charge in [0.2, 0.25) is 11.9 Å². The van der Waals surface area contributed by atoms with Crippen molar-refractivity contribution in [2.24, 2.45) is 5.92 Å². The number of nitrogens with zero attached hydrogens (tertiary/aromatic N) is 3. The highest BCUT2D eigenvalue weighted by molar-refractivity contribution is 5.79. The van der Waals surface area contributed by atoms with E-state index in [1.165, 1.54) is 0 Å². The molecule has 28 heavy (non-hydrogen) atoms. The van der Waals surface area contributed by atoms with Gasteiger partial charge in [0.25, 0.3) is 0 Å². The first kappa shape index (κ1) is 20.9. The molecule has 0 bridgehead atoms. The number of aromatic nitrogens is 2. The molecule has 0 radical (unpaired) electrons. The van der Waals surface area contributed by atoms with Crippen LogP contribution < -0.4 is 10.2 Å². The lowest BCUT2D eigenvalue weighted by Gasteiger charge is -2.41. The van der Waals surface area contributed by atoms with Gasteiger partial charge in [0.05, 0.1) is 6.61 Å². The molecule has 3 rings (SSSR count). The van der Waals surface area contributed by atoms with Crippen LogP contribution in [0.4, 0.5) is 5.95 Å². The summed E-state index contributed by atoms with van der Waals surface area (Å²) in [6.45, 7) is 4.51. The van der Waals surface area contributed by atoms with Crippen molar-refractivity contribution in [1.29, 1.82) is 0 Å². The average molecular weight is 396 g/mol. The third-order valence-corrected chi connectivity index (χ3v) is 5.33. The molecule has 3 unspecified atom stereocenters. The minimum Gasteiger partial charge on any atom is -0.394 e. The van der Waals surface area contributed by atoms with Gasteiger partial charge < -0.3 is 35.4 Å². The zero-order valence-corrected chi connectivity index (χ0v) is 16.0. The van der Waals surface area contributed by atoms with Crippen LogP contribution in [0.2, 0.25) is 0 Å². The number of hydrogen-bond acceptors (Lipinski definition) is 9. The smallest absolute Gasteiger partial charge is 0.225 e. The summed E-state index contributed by atoms with van der Waals surface area (Å²) in [5.41, 5.74) is 1.78. The molecule has 0 aromatic carbocycles. The van der Waals surface area contributed by atoms with E-state index in [4.69, 9.17) is 9.84 Å². The number of ether oxygens (including phenoxy) is 1. The lowest BCUT2D eigenvalue weighted by atomic mass is 9.93. The topological polar surface area (TPSA) is 148 Å². The Bertz CT molecular complexity index is 676. The van der Waals surface area contributed by atoms with E-state index >= 15 is 0 Å². The van der Waals surface area contributed by atoms with Crippen molar-refractivity contribution in [2.75, 3.05) is 24.6 Å². The Morgan fingerprint density at radius 2 is 1.79 bits per heavy atom. The van der Waals surface area contributed by atoms with E-state index in [-0.39, 0.29) is 11.8 Å². The van der Waals surface area contributed by atoms with Crippen LogP contribution in [0, 0.1) is 19.8 Å². The van der Waals surface area contributed by atoms with Crippen LogP contribution in [0.5, 0.6) is 0 Å². The predicted octanol–water partition coefficient (Wildman–Crippen LogP) is -1.77. The van der Waals surface area contributed by atoms with Crippen molar-refractivity contribution in [1.82, 2.24) is 15.3 Å². The second-order valence-corrected chi connectivity index (χ2v) is 7.48. The molecule has 1 amide bonds. The maximum absolute atomic E-state index is 12.6. The molecule has 5 atom stereocenters. The second-order valence-electron chi connectivity index (χ2n) is 7.48. The molecule has 5 N–H and O–H groups in total. The maximum atomic E-state index is 12.6. The molecule has 10 nitrogen and oxygen atoms in total. The molecule has 156 valence electrons. The number of aliphatic hydroxyl groups excluding tert-OH is 4. The number of hydrogen-bond donors (Lipinski definition) is 5. The van der Waals surface area contributed by atoms with E-state index in [1.54, 1.807) is 0 Å². The van der Waals surface area contributed by atoms with Crippen molar-refractivity contribution in [3.05, 3.63) is 17.5 Å². The molecular formula is C18H28N4O6. The number of aryl methyl sites for hydroxylation is 2. The molecule has 1 aromatic rings. The number of anilines is 1. The van der Waals surface area contributed by atoms with Crippen LogP contribution in [0.3, 0.4) is 0 Å². The molecule has 2 fully saturated rings. The standard InChI is InChI=1S/C18H28N4O6/c1-9-7-10(2)20-18(19-9)22-5-3-11(4-6-22)16(26)21-13-15(25)14(24)12(8-23)28-17(13)27/h7,11-15,17,23-25,27H,3-6,8H2,1-2H3,(H,21,26)/t12-,13?,14?,15-,17?/m1/s1. The Balaban J connectivity index is 1.56. The molecular weight excluding hydrogens is 368 g/mol. The predicted molar refractivity (Wildman–Crippen MR) is 98.4 cm³/mol. The van der Waals surface area contributed by atoms with Crippen LogP contribution in [-0.4, -0.2) is 86.6 Å².